The summed E-state index contributed by atoms with van der Waals surface area (Å²) >= 11 is 0. The van der Waals surface area contributed by atoms with Crippen LogP contribution < -0.4 is 33.4 Å². The Hall–Kier alpha value is -1.25. The van der Waals surface area contributed by atoms with Gasteiger partial charge in [0, 0.05) is 0 Å². The molecule has 1 aromatic heterocycles. The number of hydrogen-bond donors (Lipinski definition) is 0. The number of carbonyl (C=O) groups excluding carboxylic acids is 1. The molecule has 0 spiro atoms. The third kappa shape index (κ3) is 2.37. The van der Waals surface area contributed by atoms with Crippen molar-refractivity contribution in [1.29, 1.82) is 0 Å². The number of carbonyl (C=O) groups is 1. The van der Waals surface area contributed by atoms with Crippen LogP contribution in [0.3, 0.4) is 0 Å². The zero-order chi connectivity index (χ0) is 9.84. The van der Waals surface area contributed by atoms with Crippen LogP contribution in [-0.4, -0.2) is 30.4 Å². The van der Waals surface area contributed by atoms with Gasteiger partial charge in [-0.05, 0) is 0 Å². The van der Waals surface area contributed by atoms with Crippen LogP contribution >= 0.6 is 0 Å². The van der Waals surface area contributed by atoms with Gasteiger partial charge in [0.25, 0.3) is 0 Å². The van der Waals surface area contributed by atoms with E-state index in [4.69, 9.17) is 4.74 Å². The van der Waals surface area contributed by atoms with Crippen LogP contribution in [0.25, 0.3) is 0 Å². The zero-order valence-corrected chi connectivity index (χ0v) is 8.10. The fourth-order valence-corrected chi connectivity index (χ4v) is 0.839. The number of methoxy groups -OCH3 is 2. The summed E-state index contributed by atoms with van der Waals surface area (Å²) in [5, 5.41) is 17.6. The van der Waals surface area contributed by atoms with Gasteiger partial charge in [0.1, 0.15) is 5.56 Å². The molecule has 0 unspecified atom stereocenters. The molecule has 70 valence electrons. The van der Waals surface area contributed by atoms with E-state index in [0.717, 1.165) is 0 Å². The van der Waals surface area contributed by atoms with Crippen molar-refractivity contribution in [1.82, 2.24) is 10.2 Å². The molecule has 0 aromatic carbocycles. The Morgan fingerprint density at radius 1 is 1.43 bits per heavy atom. The molecule has 0 aliphatic rings. The second-order valence-electron chi connectivity index (χ2n) is 2.08. The van der Waals surface area contributed by atoms with Gasteiger partial charge in [-0.1, -0.05) is 0 Å². The Kier molecular flexibility index (Phi) is 4.98. The van der Waals surface area contributed by atoms with E-state index < -0.39 is 5.97 Å². The van der Waals surface area contributed by atoms with E-state index in [1.807, 2.05) is 0 Å². The van der Waals surface area contributed by atoms with E-state index in [1.165, 1.54) is 20.4 Å². The van der Waals surface area contributed by atoms with Gasteiger partial charge in [-0.3, -0.25) is 0 Å². The molecule has 0 aliphatic carbocycles. The summed E-state index contributed by atoms with van der Waals surface area (Å²) in [6.45, 7) is 0. The van der Waals surface area contributed by atoms with E-state index in [-0.39, 0.29) is 36.1 Å². The number of rotatable bonds is 3. The Morgan fingerprint density at radius 2 is 2.07 bits per heavy atom. The third-order valence-electron chi connectivity index (χ3n) is 1.40. The second kappa shape index (κ2) is 5.47. The predicted molar refractivity (Wildman–Crippen MR) is 39.5 cm³/mol. The van der Waals surface area contributed by atoms with Gasteiger partial charge >= 0.3 is 18.9 Å². The van der Waals surface area contributed by atoms with Gasteiger partial charge in [0.05, 0.1) is 26.4 Å². The summed E-state index contributed by atoms with van der Waals surface area (Å²) in [7, 11) is 2.61. The van der Waals surface area contributed by atoms with Crippen molar-refractivity contribution in [3.05, 3.63) is 11.8 Å². The number of hydrogen-bond acceptors (Lipinski definition) is 6. The molecule has 0 saturated carbocycles. The van der Waals surface area contributed by atoms with Gasteiger partial charge in [0.2, 0.25) is 5.88 Å². The van der Waals surface area contributed by atoms with Crippen LogP contribution in [-0.2, 0) is 0 Å². The summed E-state index contributed by atoms with van der Waals surface area (Å²) in [6.07, 6.45) is 1.17. The number of carboxylic acid groups (broad SMARTS) is 1. The molecule has 0 saturated heterocycles. The van der Waals surface area contributed by atoms with Crippen LogP contribution in [0.1, 0.15) is 10.4 Å². The van der Waals surface area contributed by atoms with Gasteiger partial charge in [-0.15, -0.1) is 5.10 Å². The Bertz CT molecular complexity index is 309. The number of ether oxygens (including phenoxy) is 2. The van der Waals surface area contributed by atoms with Gasteiger partial charge in [0.15, 0.2) is 5.75 Å². The maximum atomic E-state index is 10.6. The number of carboxylic acids is 1. The Morgan fingerprint density at radius 3 is 2.50 bits per heavy atom. The van der Waals surface area contributed by atoms with Gasteiger partial charge in [-0.2, -0.15) is 5.10 Å². The molecule has 0 atom stereocenters. The Labute approximate surface area is 92.4 Å². The smallest absolute Gasteiger partial charge is 0.544 e. The van der Waals surface area contributed by atoms with E-state index in [0.29, 0.717) is 0 Å². The molecule has 0 bridgehead atoms. The van der Waals surface area contributed by atoms with Gasteiger partial charge in [-0.25, -0.2) is 0 Å². The second-order valence-corrected chi connectivity index (χ2v) is 2.08. The van der Waals surface area contributed by atoms with Gasteiger partial charge < -0.3 is 19.4 Å². The first-order valence-electron chi connectivity index (χ1n) is 3.35. The summed E-state index contributed by atoms with van der Waals surface area (Å²) in [4.78, 5) is 10.6. The number of nitrogens with zero attached hydrogens (tertiary/aromatic N) is 2. The normalized spacial score (nSPS) is 8.71. The third-order valence-corrected chi connectivity index (χ3v) is 1.40. The molecule has 0 aliphatic heterocycles. The summed E-state index contributed by atoms with van der Waals surface area (Å²) in [5.41, 5.74) is -0.236. The van der Waals surface area contributed by atoms with Crippen molar-refractivity contribution >= 4 is 5.97 Å². The Balaban J connectivity index is 0.00000169. The first-order chi connectivity index (χ1) is 6.20. The van der Waals surface area contributed by atoms with Crippen molar-refractivity contribution in [2.75, 3.05) is 14.2 Å². The van der Waals surface area contributed by atoms with Crippen LogP contribution in [0, 0.1) is 0 Å². The molecular weight excluding hydrogens is 183 g/mol. The molecule has 1 heterocycles. The number of aromatic nitrogens is 2. The average Bonchev–Trinajstić information content (AvgIpc) is 2.16. The summed E-state index contributed by atoms with van der Waals surface area (Å²) < 4.78 is 9.42. The molecule has 1 rings (SSSR count). The minimum Gasteiger partial charge on any atom is -0.544 e. The first kappa shape index (κ1) is 12.7. The average molecular weight is 190 g/mol. The van der Waals surface area contributed by atoms with Crippen molar-refractivity contribution in [3.63, 3.8) is 0 Å². The molecular formula is C7H7LiN2O4. The maximum Gasteiger partial charge on any atom is 1.00 e. The minimum absolute atomic E-state index is 0. The molecule has 6 nitrogen and oxygen atoms in total. The minimum atomic E-state index is -1.41. The van der Waals surface area contributed by atoms with Crippen LogP contribution in [0.4, 0.5) is 0 Å². The molecule has 0 amide bonds. The van der Waals surface area contributed by atoms with Crippen molar-refractivity contribution < 1.29 is 38.2 Å². The quantitative estimate of drug-likeness (QED) is 0.450. The fourth-order valence-electron chi connectivity index (χ4n) is 0.839. The van der Waals surface area contributed by atoms with E-state index in [2.05, 4.69) is 14.9 Å². The molecule has 0 N–H and O–H groups in total. The number of aromatic carboxylic acids is 1. The van der Waals surface area contributed by atoms with E-state index in [9.17, 15) is 9.90 Å². The zero-order valence-electron chi connectivity index (χ0n) is 8.10. The predicted octanol–water partition coefficient (Wildman–Crippen LogP) is -4.14. The molecule has 14 heavy (non-hydrogen) atoms. The largest absolute Gasteiger partial charge is 1.00 e. The summed E-state index contributed by atoms with van der Waals surface area (Å²) in [6, 6.07) is 0. The SMILES string of the molecule is COc1cnnc(OC)c1C(=O)[O-].[Li+]. The first-order valence-corrected chi connectivity index (χ1v) is 3.35. The molecule has 0 fully saturated rings. The molecule has 7 heteroatoms. The van der Waals surface area contributed by atoms with Crippen molar-refractivity contribution in [3.8, 4) is 11.6 Å². The van der Waals surface area contributed by atoms with Crippen LogP contribution in [0.2, 0.25) is 0 Å². The molecule has 1 aromatic rings. The van der Waals surface area contributed by atoms with E-state index in [1.54, 1.807) is 0 Å². The maximum absolute atomic E-state index is 10.6. The fraction of sp³-hybridized carbons (Fsp3) is 0.286. The topological polar surface area (TPSA) is 84.4 Å². The van der Waals surface area contributed by atoms with Crippen molar-refractivity contribution in [2.45, 2.75) is 0 Å². The van der Waals surface area contributed by atoms with Crippen molar-refractivity contribution in [2.24, 2.45) is 0 Å². The molecule has 0 radical (unpaired) electrons. The van der Waals surface area contributed by atoms with Crippen LogP contribution in [0.15, 0.2) is 6.20 Å². The van der Waals surface area contributed by atoms with Crippen LogP contribution in [0.5, 0.6) is 11.6 Å². The standard InChI is InChI=1S/C7H8N2O4.Li/c1-12-4-3-8-9-6(13-2)5(4)7(10)11;/h3H,1-2H3,(H,10,11);/q;+1/p-1. The summed E-state index contributed by atoms with van der Waals surface area (Å²) in [5.74, 6) is -1.48. The monoisotopic (exact) mass is 190 g/mol. The van der Waals surface area contributed by atoms with E-state index >= 15 is 0 Å².